The van der Waals surface area contributed by atoms with Crippen molar-refractivity contribution < 1.29 is 14.3 Å². The summed E-state index contributed by atoms with van der Waals surface area (Å²) in [6.07, 6.45) is 1.76. The number of hydrogen-bond acceptors (Lipinski definition) is 5. The molecule has 0 saturated heterocycles. The summed E-state index contributed by atoms with van der Waals surface area (Å²) in [5.74, 6) is 0.828. The summed E-state index contributed by atoms with van der Waals surface area (Å²) in [7, 11) is 1.50. The van der Waals surface area contributed by atoms with Gasteiger partial charge in [0, 0.05) is 24.9 Å². The summed E-state index contributed by atoms with van der Waals surface area (Å²) < 4.78 is 12.5. The highest BCUT2D eigenvalue weighted by Gasteiger charge is 2.12. The van der Waals surface area contributed by atoms with Crippen LogP contribution in [0.15, 0.2) is 35.1 Å². The van der Waals surface area contributed by atoms with Gasteiger partial charge in [0.1, 0.15) is 5.69 Å². The number of carbonyl (C=O) groups is 1. The number of nitrogens with zero attached hydrogens (tertiary/aromatic N) is 2. The Morgan fingerprint density at radius 1 is 1.08 bits per heavy atom. The van der Waals surface area contributed by atoms with Gasteiger partial charge in [0.05, 0.1) is 13.2 Å². The molecule has 1 amide bonds. The molecule has 0 aliphatic heterocycles. The van der Waals surface area contributed by atoms with Crippen molar-refractivity contribution in [3.05, 3.63) is 46.4 Å². The fourth-order valence-corrected chi connectivity index (χ4v) is 2.06. The van der Waals surface area contributed by atoms with Gasteiger partial charge in [-0.05, 0) is 31.0 Å². The molecular formula is C18H23N3O4. The summed E-state index contributed by atoms with van der Waals surface area (Å²) in [6.45, 7) is 5.20. The fraction of sp³-hybridized carbons (Fsp3) is 0.389. The van der Waals surface area contributed by atoms with Gasteiger partial charge in [-0.15, -0.1) is 0 Å². The lowest BCUT2D eigenvalue weighted by Crippen LogP contribution is -2.23. The highest BCUT2D eigenvalue weighted by atomic mass is 16.5. The van der Waals surface area contributed by atoms with Crippen molar-refractivity contribution in [2.75, 3.05) is 18.5 Å². The number of amides is 1. The van der Waals surface area contributed by atoms with Crippen LogP contribution in [-0.2, 0) is 7.05 Å². The van der Waals surface area contributed by atoms with Gasteiger partial charge >= 0.3 is 0 Å². The third-order valence-corrected chi connectivity index (χ3v) is 3.32. The van der Waals surface area contributed by atoms with E-state index in [2.05, 4.69) is 10.4 Å². The van der Waals surface area contributed by atoms with E-state index in [4.69, 9.17) is 9.47 Å². The summed E-state index contributed by atoms with van der Waals surface area (Å²) in [6, 6.07) is 7.93. The molecule has 0 radical (unpaired) electrons. The second kappa shape index (κ2) is 8.86. The first-order valence-electron chi connectivity index (χ1n) is 8.30. The maximum Gasteiger partial charge on any atom is 0.276 e. The molecule has 25 heavy (non-hydrogen) atoms. The number of aromatic nitrogens is 2. The van der Waals surface area contributed by atoms with Crippen LogP contribution in [0.3, 0.4) is 0 Å². The lowest BCUT2D eigenvalue weighted by Gasteiger charge is -2.14. The maximum atomic E-state index is 12.3. The average molecular weight is 345 g/mol. The molecule has 1 N–H and O–H groups in total. The molecule has 0 saturated carbocycles. The van der Waals surface area contributed by atoms with Crippen molar-refractivity contribution in [3.8, 4) is 11.5 Å². The molecule has 134 valence electrons. The number of rotatable bonds is 8. The van der Waals surface area contributed by atoms with Crippen LogP contribution < -0.4 is 20.3 Å². The molecule has 7 nitrogen and oxygen atoms in total. The van der Waals surface area contributed by atoms with Gasteiger partial charge in [0.25, 0.3) is 11.5 Å². The van der Waals surface area contributed by atoms with Gasteiger partial charge in [-0.3, -0.25) is 9.59 Å². The minimum absolute atomic E-state index is 0.157. The van der Waals surface area contributed by atoms with E-state index in [1.165, 1.54) is 19.2 Å². The molecule has 0 unspecified atom stereocenters. The van der Waals surface area contributed by atoms with Crippen LogP contribution in [0.2, 0.25) is 0 Å². The Morgan fingerprint density at radius 2 is 1.76 bits per heavy atom. The molecule has 0 atom stereocenters. The summed E-state index contributed by atoms with van der Waals surface area (Å²) in [4.78, 5) is 23.7. The number of aryl methyl sites for hydroxylation is 1. The second-order valence-corrected chi connectivity index (χ2v) is 5.49. The Balaban J connectivity index is 2.18. The Hall–Kier alpha value is -2.83. The molecule has 1 aromatic carbocycles. The van der Waals surface area contributed by atoms with E-state index in [1.54, 1.807) is 18.2 Å². The van der Waals surface area contributed by atoms with Crippen LogP contribution in [0.4, 0.5) is 5.69 Å². The topological polar surface area (TPSA) is 82.5 Å². The smallest absolute Gasteiger partial charge is 0.276 e. The largest absolute Gasteiger partial charge is 0.490 e. The lowest BCUT2D eigenvalue weighted by atomic mass is 10.2. The quantitative estimate of drug-likeness (QED) is 0.795. The van der Waals surface area contributed by atoms with Gasteiger partial charge < -0.3 is 14.8 Å². The predicted octanol–water partition coefficient (Wildman–Crippen LogP) is 2.61. The summed E-state index contributed by atoms with van der Waals surface area (Å²) >= 11 is 0. The highest BCUT2D eigenvalue weighted by molar-refractivity contribution is 6.02. The van der Waals surface area contributed by atoms with Gasteiger partial charge in [-0.2, -0.15) is 5.10 Å². The van der Waals surface area contributed by atoms with Crippen LogP contribution in [0, 0.1) is 0 Å². The number of benzene rings is 1. The summed E-state index contributed by atoms with van der Waals surface area (Å²) in [5.41, 5.74) is 0.448. The number of ether oxygens (including phenoxy) is 2. The normalized spacial score (nSPS) is 10.4. The first-order valence-corrected chi connectivity index (χ1v) is 8.30. The van der Waals surface area contributed by atoms with Crippen molar-refractivity contribution in [2.24, 2.45) is 7.05 Å². The average Bonchev–Trinajstić information content (AvgIpc) is 2.61. The van der Waals surface area contributed by atoms with Crippen molar-refractivity contribution >= 4 is 11.6 Å². The third kappa shape index (κ3) is 5.07. The van der Waals surface area contributed by atoms with Crippen LogP contribution >= 0.6 is 0 Å². The molecule has 0 fully saturated rings. The van der Waals surface area contributed by atoms with Gasteiger partial charge in [0.2, 0.25) is 0 Å². The van der Waals surface area contributed by atoms with Crippen molar-refractivity contribution in [1.29, 1.82) is 0 Å². The predicted molar refractivity (Wildman–Crippen MR) is 95.4 cm³/mol. The van der Waals surface area contributed by atoms with E-state index < -0.39 is 5.91 Å². The Morgan fingerprint density at radius 3 is 2.40 bits per heavy atom. The molecular weight excluding hydrogens is 322 g/mol. The van der Waals surface area contributed by atoms with Crippen molar-refractivity contribution in [1.82, 2.24) is 9.78 Å². The Bertz CT molecular complexity index is 786. The zero-order chi connectivity index (χ0) is 18.2. The standard InChI is InChI=1S/C18H23N3O4/c1-4-10-24-15-8-6-13(12-16(15)25-11-5-2)19-18(23)14-7-9-17(22)21(3)20-14/h6-9,12H,4-5,10-11H2,1-3H3,(H,19,23). The molecule has 2 aromatic rings. The Labute approximate surface area is 146 Å². The van der Waals surface area contributed by atoms with E-state index >= 15 is 0 Å². The Kier molecular flexibility index (Phi) is 6.56. The maximum absolute atomic E-state index is 12.3. The molecule has 1 aromatic heterocycles. The SMILES string of the molecule is CCCOc1ccc(NC(=O)c2ccc(=O)n(C)n2)cc1OCCC. The van der Waals surface area contributed by atoms with Gasteiger partial charge in [-0.25, -0.2) is 4.68 Å². The molecule has 1 heterocycles. The monoisotopic (exact) mass is 345 g/mol. The van der Waals surface area contributed by atoms with E-state index in [-0.39, 0.29) is 11.3 Å². The molecule has 0 aliphatic carbocycles. The summed E-state index contributed by atoms with van der Waals surface area (Å²) in [5, 5.41) is 6.69. The number of hydrogen-bond donors (Lipinski definition) is 1. The van der Waals surface area contributed by atoms with E-state index in [9.17, 15) is 9.59 Å². The molecule has 0 spiro atoms. The molecule has 0 aliphatic rings. The lowest BCUT2D eigenvalue weighted by molar-refractivity contribution is 0.102. The minimum Gasteiger partial charge on any atom is -0.490 e. The molecule has 2 rings (SSSR count). The van der Waals surface area contributed by atoms with Gasteiger partial charge in [0.15, 0.2) is 11.5 Å². The second-order valence-electron chi connectivity index (χ2n) is 5.49. The molecule has 0 bridgehead atoms. The van der Waals surface area contributed by atoms with Crippen LogP contribution in [0.1, 0.15) is 37.2 Å². The van der Waals surface area contributed by atoms with Crippen molar-refractivity contribution in [2.45, 2.75) is 26.7 Å². The van der Waals surface area contributed by atoms with Crippen LogP contribution in [0.5, 0.6) is 11.5 Å². The van der Waals surface area contributed by atoms with E-state index in [0.29, 0.717) is 30.4 Å². The van der Waals surface area contributed by atoms with Crippen LogP contribution in [0.25, 0.3) is 0 Å². The molecule has 7 heteroatoms. The number of nitrogens with one attached hydrogen (secondary N) is 1. The van der Waals surface area contributed by atoms with Crippen molar-refractivity contribution in [3.63, 3.8) is 0 Å². The minimum atomic E-state index is -0.403. The first-order chi connectivity index (χ1) is 12.0. The third-order valence-electron chi connectivity index (χ3n) is 3.32. The first kappa shape index (κ1) is 18.5. The highest BCUT2D eigenvalue weighted by Crippen LogP contribution is 2.31. The number of anilines is 1. The fourth-order valence-electron chi connectivity index (χ4n) is 2.06. The number of carbonyl (C=O) groups excluding carboxylic acids is 1. The van der Waals surface area contributed by atoms with E-state index in [0.717, 1.165) is 17.5 Å². The van der Waals surface area contributed by atoms with E-state index in [1.807, 2.05) is 13.8 Å². The zero-order valence-electron chi connectivity index (χ0n) is 14.7. The van der Waals surface area contributed by atoms with Gasteiger partial charge in [-0.1, -0.05) is 13.8 Å². The zero-order valence-corrected chi connectivity index (χ0v) is 14.7. The van der Waals surface area contributed by atoms with Crippen LogP contribution in [-0.4, -0.2) is 28.9 Å².